The molecule has 0 aliphatic heterocycles. The van der Waals surface area contributed by atoms with Crippen molar-refractivity contribution in [1.82, 2.24) is 5.32 Å². The fourth-order valence-corrected chi connectivity index (χ4v) is 2.30. The first-order chi connectivity index (χ1) is 9.66. The van der Waals surface area contributed by atoms with Gasteiger partial charge in [0.25, 0.3) is 0 Å². The van der Waals surface area contributed by atoms with Crippen LogP contribution in [0.1, 0.15) is 27.0 Å². The highest BCUT2D eigenvalue weighted by molar-refractivity contribution is 5.98. The molecule has 104 valence electrons. The minimum Gasteiger partial charge on any atom is -0.309 e. The van der Waals surface area contributed by atoms with E-state index in [-0.39, 0.29) is 5.78 Å². The molecule has 0 aliphatic rings. The van der Waals surface area contributed by atoms with Gasteiger partial charge in [0.1, 0.15) is 0 Å². The van der Waals surface area contributed by atoms with E-state index in [4.69, 9.17) is 0 Å². The first-order valence-electron chi connectivity index (χ1n) is 7.02. The van der Waals surface area contributed by atoms with E-state index in [2.05, 4.69) is 23.5 Å². The average Bonchev–Trinajstić information content (AvgIpc) is 2.44. The van der Waals surface area contributed by atoms with Crippen LogP contribution < -0.4 is 5.32 Å². The number of nitrogens with one attached hydrogen (secondary N) is 1. The van der Waals surface area contributed by atoms with Gasteiger partial charge in [0, 0.05) is 5.56 Å². The van der Waals surface area contributed by atoms with Gasteiger partial charge in [0.05, 0.1) is 6.54 Å². The molecule has 0 aromatic heterocycles. The van der Waals surface area contributed by atoms with E-state index in [0.29, 0.717) is 6.54 Å². The molecule has 0 atom stereocenters. The predicted molar refractivity (Wildman–Crippen MR) is 83.3 cm³/mol. The van der Waals surface area contributed by atoms with Crippen molar-refractivity contribution in [3.8, 4) is 0 Å². The van der Waals surface area contributed by atoms with E-state index in [0.717, 1.165) is 24.1 Å². The number of hydrogen-bond acceptors (Lipinski definition) is 2. The number of rotatable bonds is 6. The molecule has 2 aromatic rings. The lowest BCUT2D eigenvalue weighted by Crippen LogP contribution is -2.25. The van der Waals surface area contributed by atoms with Crippen molar-refractivity contribution in [3.63, 3.8) is 0 Å². The maximum Gasteiger partial charge on any atom is 0.176 e. The van der Waals surface area contributed by atoms with E-state index in [1.165, 1.54) is 11.1 Å². The maximum atomic E-state index is 12.1. The molecule has 0 heterocycles. The molecule has 0 saturated heterocycles. The van der Waals surface area contributed by atoms with Crippen LogP contribution in [0.25, 0.3) is 0 Å². The molecule has 0 fully saturated rings. The fourth-order valence-electron chi connectivity index (χ4n) is 2.30. The lowest BCUT2D eigenvalue weighted by Gasteiger charge is -2.07. The summed E-state index contributed by atoms with van der Waals surface area (Å²) in [6.45, 7) is 5.25. The first-order valence-corrected chi connectivity index (χ1v) is 7.02. The van der Waals surface area contributed by atoms with Crippen LogP contribution in [0.3, 0.4) is 0 Å². The number of carbonyl (C=O) groups is 1. The van der Waals surface area contributed by atoms with Crippen LogP contribution in [0.5, 0.6) is 0 Å². The molecule has 0 aliphatic carbocycles. The minimum atomic E-state index is 0.163. The van der Waals surface area contributed by atoms with Crippen LogP contribution in [-0.4, -0.2) is 18.9 Å². The third-order valence-electron chi connectivity index (χ3n) is 3.40. The van der Waals surface area contributed by atoms with Crippen LogP contribution in [0.15, 0.2) is 48.5 Å². The lowest BCUT2D eigenvalue weighted by atomic mass is 10.0. The Labute approximate surface area is 120 Å². The standard InChI is InChI=1S/C18H21NO/c1-14-8-9-17(15(2)12-14)18(20)13-19-11-10-16-6-4-3-5-7-16/h3-9,12,19H,10-11,13H2,1-2H3. The van der Waals surface area contributed by atoms with Crippen molar-refractivity contribution in [2.45, 2.75) is 20.3 Å². The van der Waals surface area contributed by atoms with E-state index < -0.39 is 0 Å². The van der Waals surface area contributed by atoms with Gasteiger partial charge in [-0.25, -0.2) is 0 Å². The monoisotopic (exact) mass is 267 g/mol. The quantitative estimate of drug-likeness (QED) is 0.642. The van der Waals surface area contributed by atoms with E-state index >= 15 is 0 Å². The number of ketones is 1. The zero-order chi connectivity index (χ0) is 14.4. The number of hydrogen-bond donors (Lipinski definition) is 1. The Hall–Kier alpha value is -1.93. The number of benzene rings is 2. The zero-order valence-electron chi connectivity index (χ0n) is 12.1. The average molecular weight is 267 g/mol. The van der Waals surface area contributed by atoms with Gasteiger partial charge in [-0.1, -0.05) is 54.1 Å². The SMILES string of the molecule is Cc1ccc(C(=O)CNCCc2ccccc2)c(C)c1. The van der Waals surface area contributed by atoms with E-state index in [1.54, 1.807) is 0 Å². The first kappa shape index (κ1) is 14.5. The fraction of sp³-hybridized carbons (Fsp3) is 0.278. The summed E-state index contributed by atoms with van der Waals surface area (Å²) in [6.07, 6.45) is 0.945. The van der Waals surface area contributed by atoms with Gasteiger partial charge in [0.15, 0.2) is 5.78 Å². The molecule has 0 spiro atoms. The summed E-state index contributed by atoms with van der Waals surface area (Å²) in [5, 5.41) is 3.22. The van der Waals surface area contributed by atoms with Crippen molar-refractivity contribution in [3.05, 3.63) is 70.8 Å². The largest absolute Gasteiger partial charge is 0.309 e. The molecule has 2 nitrogen and oxygen atoms in total. The molecular weight excluding hydrogens is 246 g/mol. The van der Waals surface area contributed by atoms with Gasteiger partial charge in [-0.3, -0.25) is 4.79 Å². The molecule has 0 unspecified atom stereocenters. The molecule has 0 amide bonds. The van der Waals surface area contributed by atoms with E-state index in [1.807, 2.05) is 44.2 Å². The van der Waals surface area contributed by atoms with Crippen molar-refractivity contribution in [1.29, 1.82) is 0 Å². The van der Waals surface area contributed by atoms with Gasteiger partial charge in [-0.2, -0.15) is 0 Å². The maximum absolute atomic E-state index is 12.1. The van der Waals surface area contributed by atoms with Crippen LogP contribution in [0, 0.1) is 13.8 Å². The second-order valence-electron chi connectivity index (χ2n) is 5.15. The summed E-state index contributed by atoms with van der Waals surface area (Å²) in [5.74, 6) is 0.163. The molecular formula is C18H21NO. The molecule has 1 N–H and O–H groups in total. The summed E-state index contributed by atoms with van der Waals surface area (Å²) in [5.41, 5.74) is 4.36. The van der Waals surface area contributed by atoms with Gasteiger partial charge in [0.2, 0.25) is 0 Å². The number of Topliss-reactive ketones (excluding diaryl/α,β-unsaturated/α-hetero) is 1. The smallest absolute Gasteiger partial charge is 0.176 e. The highest BCUT2D eigenvalue weighted by Crippen LogP contribution is 2.10. The van der Waals surface area contributed by atoms with Crippen molar-refractivity contribution in [2.24, 2.45) is 0 Å². The third kappa shape index (κ3) is 4.04. The van der Waals surface area contributed by atoms with Gasteiger partial charge in [-0.05, 0) is 37.9 Å². The second-order valence-corrected chi connectivity index (χ2v) is 5.15. The van der Waals surface area contributed by atoms with Crippen LogP contribution in [0.4, 0.5) is 0 Å². The molecule has 0 bridgehead atoms. The Kier molecular flexibility index (Phi) is 5.08. The summed E-state index contributed by atoms with van der Waals surface area (Å²) in [4.78, 5) is 12.1. The van der Waals surface area contributed by atoms with Crippen molar-refractivity contribution >= 4 is 5.78 Å². The van der Waals surface area contributed by atoms with Crippen molar-refractivity contribution < 1.29 is 4.79 Å². The summed E-state index contributed by atoms with van der Waals surface area (Å²) in [6, 6.07) is 16.3. The Morgan fingerprint density at radius 3 is 2.50 bits per heavy atom. The van der Waals surface area contributed by atoms with Crippen LogP contribution in [0.2, 0.25) is 0 Å². The van der Waals surface area contributed by atoms with E-state index in [9.17, 15) is 4.79 Å². The second kappa shape index (κ2) is 7.01. The van der Waals surface area contributed by atoms with Gasteiger partial charge in [-0.15, -0.1) is 0 Å². The number of carbonyl (C=O) groups excluding carboxylic acids is 1. The highest BCUT2D eigenvalue weighted by Gasteiger charge is 2.08. The third-order valence-corrected chi connectivity index (χ3v) is 3.40. The number of aryl methyl sites for hydroxylation is 2. The molecule has 2 aromatic carbocycles. The molecule has 2 heteroatoms. The Morgan fingerprint density at radius 1 is 1.05 bits per heavy atom. The summed E-state index contributed by atoms with van der Waals surface area (Å²) >= 11 is 0. The zero-order valence-corrected chi connectivity index (χ0v) is 12.1. The topological polar surface area (TPSA) is 29.1 Å². The molecule has 20 heavy (non-hydrogen) atoms. The minimum absolute atomic E-state index is 0.163. The Balaban J connectivity index is 1.80. The molecule has 2 rings (SSSR count). The summed E-state index contributed by atoms with van der Waals surface area (Å²) < 4.78 is 0. The lowest BCUT2D eigenvalue weighted by molar-refractivity contribution is 0.0991. The summed E-state index contributed by atoms with van der Waals surface area (Å²) in [7, 11) is 0. The molecule has 0 saturated carbocycles. The van der Waals surface area contributed by atoms with Crippen LogP contribution in [-0.2, 0) is 6.42 Å². The van der Waals surface area contributed by atoms with Crippen LogP contribution >= 0.6 is 0 Å². The van der Waals surface area contributed by atoms with Crippen molar-refractivity contribution in [2.75, 3.05) is 13.1 Å². The van der Waals surface area contributed by atoms with Gasteiger partial charge < -0.3 is 5.32 Å². The molecule has 0 radical (unpaired) electrons. The van der Waals surface area contributed by atoms with Gasteiger partial charge >= 0.3 is 0 Å². The Morgan fingerprint density at radius 2 is 1.80 bits per heavy atom. The highest BCUT2D eigenvalue weighted by atomic mass is 16.1. The Bertz CT molecular complexity index is 575. The normalized spacial score (nSPS) is 10.5. The predicted octanol–water partition coefficient (Wildman–Crippen LogP) is 3.32.